The van der Waals surface area contributed by atoms with Crippen LogP contribution in [-0.4, -0.2) is 44.2 Å². The smallest absolute Gasteiger partial charge is 0.340 e. The molecule has 0 spiro atoms. The molecule has 1 heterocycles. The predicted molar refractivity (Wildman–Crippen MR) is 103 cm³/mol. The number of carbonyl (C=O) groups excluding carboxylic acids is 4. The number of aliphatic imine (C=N–C) groups is 1. The van der Waals surface area contributed by atoms with Crippen LogP contribution in [0.25, 0.3) is 0 Å². The van der Waals surface area contributed by atoms with Gasteiger partial charge in [-0.3, -0.25) is 19.9 Å². The Morgan fingerprint density at radius 2 is 1.86 bits per heavy atom. The minimum Gasteiger partial charge on any atom is -0.497 e. The van der Waals surface area contributed by atoms with Crippen molar-refractivity contribution >= 4 is 41.4 Å². The standard InChI is InChI=1S/C20H17N3O6/c1-28-13-7-5-6-12(10-13)23-18(25)15(17(24)22-20(23)27)11-21-16-9-4-3-8-14(16)19(26)29-2/h3-11,15H,1-2H3,(H,22,24,27)/t15-/m0/s1. The Hall–Kier alpha value is -4.01. The van der Waals surface area contributed by atoms with Gasteiger partial charge in [-0.2, -0.15) is 0 Å². The van der Waals surface area contributed by atoms with Gasteiger partial charge in [-0.05, 0) is 24.3 Å². The molecule has 2 aromatic rings. The van der Waals surface area contributed by atoms with Crippen LogP contribution in [0, 0.1) is 5.92 Å². The van der Waals surface area contributed by atoms with E-state index in [1.54, 1.807) is 30.3 Å². The van der Waals surface area contributed by atoms with Crippen LogP contribution in [0.15, 0.2) is 53.5 Å². The third-order valence-corrected chi connectivity index (χ3v) is 4.19. The molecule has 1 N–H and O–H groups in total. The highest BCUT2D eigenvalue weighted by Gasteiger charge is 2.40. The molecule has 0 bridgehead atoms. The first kappa shape index (κ1) is 19.7. The largest absolute Gasteiger partial charge is 0.497 e. The molecular weight excluding hydrogens is 378 g/mol. The molecule has 0 aliphatic carbocycles. The number of hydrogen-bond donors (Lipinski definition) is 1. The van der Waals surface area contributed by atoms with Gasteiger partial charge in [-0.15, -0.1) is 0 Å². The Morgan fingerprint density at radius 3 is 2.59 bits per heavy atom. The Labute approximate surface area is 165 Å². The maximum atomic E-state index is 12.9. The highest BCUT2D eigenvalue weighted by Crippen LogP contribution is 2.25. The van der Waals surface area contributed by atoms with Crippen LogP contribution >= 0.6 is 0 Å². The van der Waals surface area contributed by atoms with Crippen molar-refractivity contribution in [2.75, 3.05) is 19.1 Å². The van der Waals surface area contributed by atoms with Crippen molar-refractivity contribution in [3.8, 4) is 5.75 Å². The summed E-state index contributed by atoms with van der Waals surface area (Å²) in [7, 11) is 2.69. The maximum Gasteiger partial charge on any atom is 0.340 e. The lowest BCUT2D eigenvalue weighted by atomic mass is 10.1. The van der Waals surface area contributed by atoms with Crippen LogP contribution in [0.5, 0.6) is 5.75 Å². The fraction of sp³-hybridized carbons (Fsp3) is 0.150. The van der Waals surface area contributed by atoms with Crippen LogP contribution in [0.2, 0.25) is 0 Å². The van der Waals surface area contributed by atoms with Crippen molar-refractivity contribution in [2.24, 2.45) is 10.9 Å². The molecule has 0 radical (unpaired) electrons. The van der Waals surface area contributed by atoms with Gasteiger partial charge in [0.2, 0.25) is 5.91 Å². The van der Waals surface area contributed by atoms with E-state index in [2.05, 4.69) is 10.3 Å². The molecule has 1 aliphatic heterocycles. The fourth-order valence-electron chi connectivity index (χ4n) is 2.74. The number of nitrogens with zero attached hydrogens (tertiary/aromatic N) is 2. The zero-order valence-electron chi connectivity index (χ0n) is 15.6. The van der Waals surface area contributed by atoms with Gasteiger partial charge >= 0.3 is 12.0 Å². The SMILES string of the molecule is COC(=O)c1ccccc1N=C[C@H]1C(=O)NC(=O)N(c2cccc(OC)c2)C1=O. The molecule has 29 heavy (non-hydrogen) atoms. The van der Waals surface area contributed by atoms with Gasteiger partial charge in [-0.1, -0.05) is 18.2 Å². The number of ether oxygens (including phenoxy) is 2. The molecule has 1 aliphatic rings. The highest BCUT2D eigenvalue weighted by molar-refractivity contribution is 6.32. The van der Waals surface area contributed by atoms with Gasteiger partial charge in [0.15, 0.2) is 5.92 Å². The lowest BCUT2D eigenvalue weighted by molar-refractivity contribution is -0.131. The van der Waals surface area contributed by atoms with Crippen LogP contribution in [-0.2, 0) is 14.3 Å². The molecule has 2 aromatic carbocycles. The van der Waals surface area contributed by atoms with Crippen LogP contribution < -0.4 is 15.0 Å². The molecule has 4 amide bonds. The average molecular weight is 395 g/mol. The number of nitrogens with one attached hydrogen (secondary N) is 1. The van der Waals surface area contributed by atoms with E-state index in [4.69, 9.17) is 9.47 Å². The van der Waals surface area contributed by atoms with Gasteiger partial charge in [0, 0.05) is 12.3 Å². The van der Waals surface area contributed by atoms with E-state index < -0.39 is 29.7 Å². The molecule has 1 saturated heterocycles. The van der Waals surface area contributed by atoms with Gasteiger partial charge in [0.05, 0.1) is 31.2 Å². The number of para-hydroxylation sites is 1. The Balaban J connectivity index is 1.93. The molecule has 1 fully saturated rings. The van der Waals surface area contributed by atoms with Crippen molar-refractivity contribution in [3.05, 3.63) is 54.1 Å². The van der Waals surface area contributed by atoms with Crippen molar-refractivity contribution < 1.29 is 28.7 Å². The van der Waals surface area contributed by atoms with E-state index in [1.165, 1.54) is 32.4 Å². The summed E-state index contributed by atoms with van der Waals surface area (Å²) in [5.41, 5.74) is 0.646. The summed E-state index contributed by atoms with van der Waals surface area (Å²) in [6.45, 7) is 0. The summed E-state index contributed by atoms with van der Waals surface area (Å²) < 4.78 is 9.81. The summed E-state index contributed by atoms with van der Waals surface area (Å²) in [5.74, 6) is -3.10. The average Bonchev–Trinajstić information content (AvgIpc) is 2.73. The van der Waals surface area contributed by atoms with Crippen molar-refractivity contribution in [1.29, 1.82) is 0 Å². The number of urea groups is 1. The van der Waals surface area contributed by atoms with Gasteiger partial charge in [0.25, 0.3) is 5.91 Å². The molecule has 0 unspecified atom stereocenters. The number of hydrogen-bond acceptors (Lipinski definition) is 7. The lowest BCUT2D eigenvalue weighted by Crippen LogP contribution is -2.58. The van der Waals surface area contributed by atoms with E-state index in [-0.39, 0.29) is 16.9 Å². The van der Waals surface area contributed by atoms with Gasteiger partial charge in [0.1, 0.15) is 5.75 Å². The molecule has 1 atom stereocenters. The summed E-state index contributed by atoms with van der Waals surface area (Å²) in [6, 6.07) is 11.8. The summed E-state index contributed by atoms with van der Waals surface area (Å²) in [5, 5.41) is 2.13. The number of anilines is 1. The van der Waals surface area contributed by atoms with Crippen molar-refractivity contribution in [1.82, 2.24) is 5.32 Å². The number of amides is 4. The Bertz CT molecular complexity index is 1020. The monoisotopic (exact) mass is 395 g/mol. The molecule has 148 valence electrons. The number of methoxy groups -OCH3 is 2. The third kappa shape index (κ3) is 3.98. The van der Waals surface area contributed by atoms with Crippen molar-refractivity contribution in [2.45, 2.75) is 0 Å². The Kier molecular flexibility index (Phi) is 5.68. The van der Waals surface area contributed by atoms with E-state index in [0.717, 1.165) is 11.1 Å². The van der Waals surface area contributed by atoms with Crippen LogP contribution in [0.4, 0.5) is 16.2 Å². The zero-order chi connectivity index (χ0) is 21.0. The quantitative estimate of drug-likeness (QED) is 0.471. The first-order valence-corrected chi connectivity index (χ1v) is 8.50. The van der Waals surface area contributed by atoms with Gasteiger partial charge in [-0.25, -0.2) is 14.5 Å². The molecule has 0 saturated carbocycles. The normalized spacial score (nSPS) is 16.7. The second kappa shape index (κ2) is 8.34. The predicted octanol–water partition coefficient (Wildman–Crippen LogP) is 2.08. The van der Waals surface area contributed by atoms with E-state index in [1.807, 2.05) is 0 Å². The zero-order valence-corrected chi connectivity index (χ0v) is 15.6. The summed E-state index contributed by atoms with van der Waals surface area (Å²) in [6.07, 6.45) is 1.10. The maximum absolute atomic E-state index is 12.9. The topological polar surface area (TPSA) is 114 Å². The summed E-state index contributed by atoms with van der Waals surface area (Å²) in [4.78, 5) is 54.1. The number of rotatable bonds is 5. The van der Waals surface area contributed by atoms with Crippen LogP contribution in [0.3, 0.4) is 0 Å². The first-order valence-electron chi connectivity index (χ1n) is 8.50. The second-order valence-corrected chi connectivity index (χ2v) is 5.93. The lowest BCUT2D eigenvalue weighted by Gasteiger charge is -2.28. The van der Waals surface area contributed by atoms with Crippen molar-refractivity contribution in [3.63, 3.8) is 0 Å². The molecule has 9 nitrogen and oxygen atoms in total. The molecule has 0 aromatic heterocycles. The number of carbonyl (C=O) groups is 4. The minimum absolute atomic E-state index is 0.177. The number of imide groups is 2. The summed E-state index contributed by atoms with van der Waals surface area (Å²) >= 11 is 0. The molecule has 3 rings (SSSR count). The van der Waals surface area contributed by atoms with E-state index >= 15 is 0 Å². The van der Waals surface area contributed by atoms with Crippen LogP contribution in [0.1, 0.15) is 10.4 Å². The fourth-order valence-corrected chi connectivity index (χ4v) is 2.74. The highest BCUT2D eigenvalue weighted by atomic mass is 16.5. The van der Waals surface area contributed by atoms with E-state index in [9.17, 15) is 19.2 Å². The number of esters is 1. The molecule has 9 heteroatoms. The van der Waals surface area contributed by atoms with Gasteiger partial charge < -0.3 is 9.47 Å². The number of barbiturate groups is 1. The van der Waals surface area contributed by atoms with E-state index in [0.29, 0.717) is 5.75 Å². The minimum atomic E-state index is -1.36. The third-order valence-electron chi connectivity index (χ3n) is 4.19. The molecular formula is C20H17N3O6. The Morgan fingerprint density at radius 1 is 1.10 bits per heavy atom. The second-order valence-electron chi connectivity index (χ2n) is 5.93. The first-order chi connectivity index (χ1) is 14.0. The number of benzene rings is 2.